The van der Waals surface area contributed by atoms with Crippen molar-refractivity contribution in [3.8, 4) is 5.75 Å². The number of likely N-dealkylation sites (tertiary alicyclic amines) is 1. The van der Waals surface area contributed by atoms with E-state index in [-0.39, 0.29) is 17.5 Å². The van der Waals surface area contributed by atoms with E-state index in [0.717, 1.165) is 26.2 Å². The molecule has 8 heteroatoms. The number of hydrogen-bond donors (Lipinski definition) is 1. The fourth-order valence-corrected chi connectivity index (χ4v) is 3.83. The fourth-order valence-electron chi connectivity index (χ4n) is 3.83. The minimum Gasteiger partial charge on any atom is -0.403 e. The van der Waals surface area contributed by atoms with Crippen LogP contribution in [-0.2, 0) is 4.74 Å². The highest BCUT2D eigenvalue weighted by atomic mass is 19.4. The maximum Gasteiger partial charge on any atom is 0.573 e. The number of piperazine rings is 1. The molecule has 3 fully saturated rings. The molecular weight excluding hydrogens is 311 g/mol. The largest absolute Gasteiger partial charge is 0.573 e. The Bertz CT molecular complexity index is 606. The molecular formula is C15H18F3N3O2. The summed E-state index contributed by atoms with van der Waals surface area (Å²) in [7, 11) is 0. The lowest BCUT2D eigenvalue weighted by Gasteiger charge is -2.43. The van der Waals surface area contributed by atoms with E-state index >= 15 is 0 Å². The van der Waals surface area contributed by atoms with E-state index in [9.17, 15) is 13.2 Å². The second-order valence-electron chi connectivity index (χ2n) is 6.36. The van der Waals surface area contributed by atoms with Gasteiger partial charge in [0.05, 0.1) is 24.9 Å². The Morgan fingerprint density at radius 2 is 1.91 bits per heavy atom. The molecule has 2 atom stereocenters. The van der Waals surface area contributed by atoms with Gasteiger partial charge in [0.15, 0.2) is 5.75 Å². The first-order valence-corrected chi connectivity index (χ1v) is 7.66. The SMILES string of the molecule is Nc1ccc(N2CC3CC2CN3C2COC2)c(OC(F)(F)F)c1. The molecule has 0 amide bonds. The third-order valence-electron chi connectivity index (χ3n) is 4.89. The smallest absolute Gasteiger partial charge is 0.403 e. The van der Waals surface area contributed by atoms with Crippen molar-refractivity contribution in [2.75, 3.05) is 36.9 Å². The summed E-state index contributed by atoms with van der Waals surface area (Å²) in [5, 5.41) is 0. The van der Waals surface area contributed by atoms with Gasteiger partial charge in [0.1, 0.15) is 0 Å². The molecule has 4 rings (SSSR count). The Morgan fingerprint density at radius 3 is 2.48 bits per heavy atom. The van der Waals surface area contributed by atoms with Crippen molar-refractivity contribution in [3.63, 3.8) is 0 Å². The summed E-state index contributed by atoms with van der Waals surface area (Å²) in [5.41, 5.74) is 6.34. The van der Waals surface area contributed by atoms with Crippen LogP contribution in [0.5, 0.6) is 5.75 Å². The first kappa shape index (κ1) is 14.9. The normalized spacial score (nSPS) is 28.2. The molecule has 2 N–H and O–H groups in total. The number of ether oxygens (including phenoxy) is 2. The van der Waals surface area contributed by atoms with Crippen LogP contribution in [0.4, 0.5) is 24.5 Å². The Kier molecular flexibility index (Phi) is 3.35. The second-order valence-corrected chi connectivity index (χ2v) is 6.36. The van der Waals surface area contributed by atoms with Crippen molar-refractivity contribution < 1.29 is 22.6 Å². The van der Waals surface area contributed by atoms with E-state index in [0.29, 0.717) is 24.3 Å². The highest BCUT2D eigenvalue weighted by Crippen LogP contribution is 2.42. The fraction of sp³-hybridized carbons (Fsp3) is 0.600. The monoisotopic (exact) mass is 329 g/mol. The Labute approximate surface area is 131 Å². The molecule has 5 nitrogen and oxygen atoms in total. The molecule has 0 spiro atoms. The number of nitrogens with two attached hydrogens (primary N) is 1. The summed E-state index contributed by atoms with van der Waals surface area (Å²) in [6.07, 6.45) is -3.76. The number of nitrogen functional groups attached to an aromatic ring is 1. The van der Waals surface area contributed by atoms with Gasteiger partial charge in [-0.15, -0.1) is 13.2 Å². The third kappa shape index (κ3) is 2.70. The highest BCUT2D eigenvalue weighted by molar-refractivity contribution is 5.65. The van der Waals surface area contributed by atoms with Crippen LogP contribution in [0.3, 0.4) is 0 Å². The molecule has 3 aliphatic heterocycles. The van der Waals surface area contributed by atoms with Crippen LogP contribution < -0.4 is 15.4 Å². The van der Waals surface area contributed by atoms with Crippen molar-refractivity contribution in [2.24, 2.45) is 0 Å². The maximum atomic E-state index is 12.6. The van der Waals surface area contributed by atoms with Gasteiger partial charge in [-0.25, -0.2) is 0 Å². The highest BCUT2D eigenvalue weighted by Gasteiger charge is 2.48. The Hall–Kier alpha value is -1.67. The lowest BCUT2D eigenvalue weighted by molar-refractivity contribution is -0.274. The molecule has 2 bridgehead atoms. The van der Waals surface area contributed by atoms with E-state index < -0.39 is 6.36 Å². The number of hydrogen-bond acceptors (Lipinski definition) is 5. The third-order valence-corrected chi connectivity index (χ3v) is 4.89. The van der Waals surface area contributed by atoms with Crippen molar-refractivity contribution in [1.29, 1.82) is 0 Å². The molecule has 126 valence electrons. The molecule has 23 heavy (non-hydrogen) atoms. The summed E-state index contributed by atoms with van der Waals surface area (Å²) in [6, 6.07) is 5.51. The van der Waals surface area contributed by atoms with E-state index in [1.807, 2.05) is 4.90 Å². The Balaban J connectivity index is 1.55. The van der Waals surface area contributed by atoms with Crippen molar-refractivity contribution >= 4 is 11.4 Å². The average molecular weight is 329 g/mol. The molecule has 3 heterocycles. The number of alkyl halides is 3. The van der Waals surface area contributed by atoms with Gasteiger partial charge >= 0.3 is 6.36 Å². The maximum absolute atomic E-state index is 12.6. The standard InChI is InChI=1S/C15H18F3N3O2/c16-15(17,18)23-14-3-9(19)1-2-13(14)21-6-10-4-11(21)5-20(10)12-7-22-8-12/h1-3,10-12H,4-8,19H2. The molecule has 1 aromatic rings. The van der Waals surface area contributed by atoms with Crippen molar-refractivity contribution in [2.45, 2.75) is 30.9 Å². The summed E-state index contributed by atoms with van der Waals surface area (Å²) < 4.78 is 47.4. The van der Waals surface area contributed by atoms with Gasteiger partial charge in [0, 0.05) is 36.9 Å². The minimum absolute atomic E-state index is 0.208. The topological polar surface area (TPSA) is 51.0 Å². The summed E-state index contributed by atoms with van der Waals surface area (Å²) >= 11 is 0. The molecule has 0 saturated carbocycles. The zero-order valence-electron chi connectivity index (χ0n) is 12.4. The van der Waals surface area contributed by atoms with Crippen LogP contribution in [0.15, 0.2) is 18.2 Å². The first-order chi connectivity index (χ1) is 10.9. The zero-order valence-corrected chi connectivity index (χ0v) is 12.4. The van der Waals surface area contributed by atoms with Gasteiger partial charge in [-0.05, 0) is 18.6 Å². The lowest BCUT2D eigenvalue weighted by Crippen LogP contribution is -2.56. The number of anilines is 2. The van der Waals surface area contributed by atoms with Gasteiger partial charge in [-0.2, -0.15) is 0 Å². The van der Waals surface area contributed by atoms with E-state index in [1.54, 1.807) is 12.1 Å². The van der Waals surface area contributed by atoms with Gasteiger partial charge in [-0.3, -0.25) is 4.90 Å². The van der Waals surface area contributed by atoms with E-state index in [2.05, 4.69) is 9.64 Å². The van der Waals surface area contributed by atoms with E-state index in [4.69, 9.17) is 10.5 Å². The van der Waals surface area contributed by atoms with Crippen LogP contribution in [0.1, 0.15) is 6.42 Å². The number of nitrogens with zero attached hydrogens (tertiary/aromatic N) is 2. The van der Waals surface area contributed by atoms with Crippen LogP contribution >= 0.6 is 0 Å². The van der Waals surface area contributed by atoms with Crippen LogP contribution in [0, 0.1) is 0 Å². The molecule has 3 saturated heterocycles. The lowest BCUT2D eigenvalue weighted by atomic mass is 10.1. The van der Waals surface area contributed by atoms with E-state index in [1.165, 1.54) is 6.07 Å². The van der Waals surface area contributed by atoms with Crippen LogP contribution in [0.2, 0.25) is 0 Å². The van der Waals surface area contributed by atoms with Gasteiger partial charge < -0.3 is 20.1 Å². The average Bonchev–Trinajstić information content (AvgIpc) is 2.94. The molecule has 0 aliphatic carbocycles. The molecule has 0 radical (unpaired) electrons. The summed E-state index contributed by atoms with van der Waals surface area (Å²) in [6.45, 7) is 3.08. The van der Waals surface area contributed by atoms with Crippen molar-refractivity contribution in [3.05, 3.63) is 18.2 Å². The molecule has 2 unspecified atom stereocenters. The number of rotatable bonds is 3. The summed E-state index contributed by atoms with van der Waals surface area (Å²) in [5.74, 6) is -0.219. The molecule has 3 aliphatic rings. The second kappa shape index (κ2) is 5.17. The Morgan fingerprint density at radius 1 is 1.13 bits per heavy atom. The van der Waals surface area contributed by atoms with Gasteiger partial charge in [-0.1, -0.05) is 0 Å². The first-order valence-electron chi connectivity index (χ1n) is 7.66. The van der Waals surface area contributed by atoms with Crippen LogP contribution in [-0.4, -0.2) is 55.7 Å². The number of fused-ring (bicyclic) bond motifs is 2. The minimum atomic E-state index is -4.73. The van der Waals surface area contributed by atoms with Gasteiger partial charge in [0.2, 0.25) is 0 Å². The predicted molar refractivity (Wildman–Crippen MR) is 78.4 cm³/mol. The predicted octanol–water partition coefficient (Wildman–Crippen LogP) is 1.83. The van der Waals surface area contributed by atoms with Gasteiger partial charge in [0.25, 0.3) is 0 Å². The quantitative estimate of drug-likeness (QED) is 0.858. The molecule has 1 aromatic carbocycles. The summed E-state index contributed by atoms with van der Waals surface area (Å²) in [4.78, 5) is 4.44. The number of halogens is 3. The zero-order chi connectivity index (χ0) is 16.2. The molecule has 0 aromatic heterocycles. The number of benzene rings is 1. The van der Waals surface area contributed by atoms with Crippen LogP contribution in [0.25, 0.3) is 0 Å². The van der Waals surface area contributed by atoms with Crippen molar-refractivity contribution in [1.82, 2.24) is 4.90 Å².